The van der Waals surface area contributed by atoms with Gasteiger partial charge in [-0.05, 0) is 40.2 Å². The number of benzene rings is 1. The number of rotatable bonds is 6. The second-order valence-corrected chi connectivity index (χ2v) is 7.62. The molecule has 1 aliphatic heterocycles. The van der Waals surface area contributed by atoms with Crippen molar-refractivity contribution in [2.24, 2.45) is 0 Å². The van der Waals surface area contributed by atoms with Crippen molar-refractivity contribution >= 4 is 0 Å². The number of aliphatic hydroxyl groups is 1. The smallest absolute Gasteiger partial charge is 0.163 e. The quantitative estimate of drug-likeness (QED) is 0.864. The van der Waals surface area contributed by atoms with Gasteiger partial charge in [0.1, 0.15) is 24.4 Å². The number of aliphatic hydroxyl groups excluding tert-OH is 1. The molecule has 24 heavy (non-hydrogen) atoms. The highest BCUT2D eigenvalue weighted by atomic mass is 16.8. The summed E-state index contributed by atoms with van der Waals surface area (Å²) in [5.41, 5.74) is 0.463. The molecule has 1 aromatic rings. The van der Waals surface area contributed by atoms with E-state index in [2.05, 4.69) is 0 Å². The van der Waals surface area contributed by atoms with E-state index in [9.17, 15) is 5.11 Å². The molecule has 5 heteroatoms. The van der Waals surface area contributed by atoms with Crippen molar-refractivity contribution in [2.45, 2.75) is 70.4 Å². The fourth-order valence-electron chi connectivity index (χ4n) is 2.94. The first-order chi connectivity index (χ1) is 11.1. The van der Waals surface area contributed by atoms with E-state index in [0.29, 0.717) is 6.61 Å². The van der Waals surface area contributed by atoms with Crippen LogP contribution in [0.2, 0.25) is 0 Å². The van der Waals surface area contributed by atoms with Crippen LogP contribution in [0.1, 0.15) is 46.3 Å². The van der Waals surface area contributed by atoms with Gasteiger partial charge in [-0.1, -0.05) is 30.3 Å². The van der Waals surface area contributed by atoms with Crippen molar-refractivity contribution in [3.05, 3.63) is 35.9 Å². The molecule has 0 unspecified atom stereocenters. The van der Waals surface area contributed by atoms with Crippen LogP contribution in [0, 0.1) is 0 Å². The second-order valence-electron chi connectivity index (χ2n) is 7.62. The number of methoxy groups -OCH3 is 1. The third kappa shape index (κ3) is 5.01. The average molecular weight is 338 g/mol. The largest absolute Gasteiger partial charge is 0.387 e. The zero-order valence-electron chi connectivity index (χ0n) is 15.5. The lowest BCUT2D eigenvalue weighted by molar-refractivity contribution is -0.205. The molecule has 1 aromatic carbocycles. The van der Waals surface area contributed by atoms with Crippen LogP contribution in [0.5, 0.6) is 0 Å². The Morgan fingerprint density at radius 2 is 1.83 bits per heavy atom. The van der Waals surface area contributed by atoms with Gasteiger partial charge in [0.05, 0.1) is 12.2 Å². The minimum absolute atomic E-state index is 0.365. The number of hydrogen-bond acceptors (Lipinski definition) is 5. The van der Waals surface area contributed by atoms with E-state index in [0.717, 1.165) is 5.56 Å². The van der Waals surface area contributed by atoms with Gasteiger partial charge in [-0.3, -0.25) is 0 Å². The van der Waals surface area contributed by atoms with Crippen LogP contribution in [0.4, 0.5) is 0 Å². The van der Waals surface area contributed by atoms with Gasteiger partial charge in [0.25, 0.3) is 0 Å². The molecule has 4 atom stereocenters. The fraction of sp³-hybridized carbons (Fsp3) is 0.684. The molecule has 1 fully saturated rings. The summed E-state index contributed by atoms with van der Waals surface area (Å²) in [5.74, 6) is -0.681. The normalized spacial score (nSPS) is 24.5. The van der Waals surface area contributed by atoms with Crippen molar-refractivity contribution in [2.75, 3.05) is 13.7 Å². The molecule has 0 aromatic heterocycles. The summed E-state index contributed by atoms with van der Waals surface area (Å²) in [7, 11) is 1.59. The summed E-state index contributed by atoms with van der Waals surface area (Å²) in [6.07, 6.45) is -2.34. The molecule has 0 spiro atoms. The first kappa shape index (κ1) is 19.3. The van der Waals surface area contributed by atoms with Gasteiger partial charge in [-0.25, -0.2) is 0 Å². The predicted molar refractivity (Wildman–Crippen MR) is 91.7 cm³/mol. The van der Waals surface area contributed by atoms with E-state index in [1.165, 1.54) is 0 Å². The van der Waals surface area contributed by atoms with Crippen LogP contribution in [0.15, 0.2) is 30.3 Å². The fourth-order valence-corrected chi connectivity index (χ4v) is 2.94. The molecule has 136 valence electrons. The summed E-state index contributed by atoms with van der Waals surface area (Å²) in [4.78, 5) is 0. The van der Waals surface area contributed by atoms with Crippen molar-refractivity contribution in [1.82, 2.24) is 0 Å². The minimum atomic E-state index is -0.890. The maximum atomic E-state index is 11.0. The summed E-state index contributed by atoms with van der Waals surface area (Å²) in [5, 5.41) is 11.0. The van der Waals surface area contributed by atoms with Gasteiger partial charge >= 0.3 is 0 Å². The minimum Gasteiger partial charge on any atom is -0.387 e. The molecule has 2 rings (SSSR count). The standard InChI is InChI=1S/C19H30O5/c1-18(2,3)24-17(14-12-22-19(4,5)23-14)15(20)16(21-6)13-10-8-7-9-11-13/h7-11,14-17,20H,12H2,1-6H3/t14-,15-,16-,17-/m1/s1. The van der Waals surface area contributed by atoms with Crippen LogP contribution >= 0.6 is 0 Å². The SMILES string of the molecule is CO[C@H](c1ccccc1)[C@@H](O)[C@H](OC(C)(C)C)[C@H]1COC(C)(C)O1. The maximum Gasteiger partial charge on any atom is 0.163 e. The Balaban J connectivity index is 2.24. The van der Waals surface area contributed by atoms with E-state index in [-0.39, 0.29) is 6.10 Å². The third-order valence-corrected chi connectivity index (χ3v) is 3.92. The Kier molecular flexibility index (Phi) is 6.04. The van der Waals surface area contributed by atoms with Crippen molar-refractivity contribution < 1.29 is 24.1 Å². The van der Waals surface area contributed by atoms with E-state index in [4.69, 9.17) is 18.9 Å². The van der Waals surface area contributed by atoms with Gasteiger partial charge in [-0.2, -0.15) is 0 Å². The van der Waals surface area contributed by atoms with Gasteiger partial charge in [-0.15, -0.1) is 0 Å². The van der Waals surface area contributed by atoms with E-state index in [1.54, 1.807) is 7.11 Å². The first-order valence-electron chi connectivity index (χ1n) is 8.38. The average Bonchev–Trinajstić information content (AvgIpc) is 2.85. The molecular weight excluding hydrogens is 308 g/mol. The van der Waals surface area contributed by atoms with Crippen LogP contribution in [-0.4, -0.2) is 48.5 Å². The van der Waals surface area contributed by atoms with Crippen LogP contribution in [0.25, 0.3) is 0 Å². The van der Waals surface area contributed by atoms with Gasteiger partial charge < -0.3 is 24.1 Å². The van der Waals surface area contributed by atoms with E-state index >= 15 is 0 Å². The van der Waals surface area contributed by atoms with E-state index in [1.807, 2.05) is 65.0 Å². The lowest BCUT2D eigenvalue weighted by atomic mass is 9.96. The Morgan fingerprint density at radius 1 is 1.21 bits per heavy atom. The Morgan fingerprint density at radius 3 is 2.29 bits per heavy atom. The molecule has 0 bridgehead atoms. The Hall–Kier alpha value is -0.980. The van der Waals surface area contributed by atoms with Gasteiger partial charge in [0, 0.05) is 7.11 Å². The molecule has 1 saturated heterocycles. The molecule has 0 aliphatic carbocycles. The Labute approximate surface area is 144 Å². The lowest BCUT2D eigenvalue weighted by Gasteiger charge is -2.36. The monoisotopic (exact) mass is 338 g/mol. The summed E-state index contributed by atoms with van der Waals surface area (Å²) in [6, 6.07) is 9.64. The zero-order chi connectivity index (χ0) is 18.0. The van der Waals surface area contributed by atoms with Crippen molar-refractivity contribution in [3.63, 3.8) is 0 Å². The van der Waals surface area contributed by atoms with Crippen molar-refractivity contribution in [1.29, 1.82) is 0 Å². The van der Waals surface area contributed by atoms with Crippen LogP contribution in [-0.2, 0) is 18.9 Å². The van der Waals surface area contributed by atoms with Gasteiger partial charge in [0.15, 0.2) is 5.79 Å². The Bertz CT molecular complexity index is 508. The topological polar surface area (TPSA) is 57.2 Å². The summed E-state index contributed by atoms with van der Waals surface area (Å²) < 4.78 is 23.3. The highest BCUT2D eigenvalue weighted by molar-refractivity contribution is 5.19. The number of ether oxygens (including phenoxy) is 4. The third-order valence-electron chi connectivity index (χ3n) is 3.92. The molecule has 5 nitrogen and oxygen atoms in total. The molecule has 1 aliphatic rings. The second kappa shape index (κ2) is 7.50. The van der Waals surface area contributed by atoms with Crippen molar-refractivity contribution in [3.8, 4) is 0 Å². The highest BCUT2D eigenvalue weighted by Gasteiger charge is 2.44. The highest BCUT2D eigenvalue weighted by Crippen LogP contribution is 2.33. The maximum absolute atomic E-state index is 11.0. The van der Waals surface area contributed by atoms with E-state index < -0.39 is 29.7 Å². The molecule has 0 radical (unpaired) electrons. The van der Waals surface area contributed by atoms with Crippen LogP contribution in [0.3, 0.4) is 0 Å². The number of hydrogen-bond donors (Lipinski definition) is 1. The first-order valence-corrected chi connectivity index (χ1v) is 8.38. The predicted octanol–water partition coefficient (Wildman–Crippen LogP) is 3.07. The summed E-state index contributed by atoms with van der Waals surface area (Å²) in [6.45, 7) is 9.96. The van der Waals surface area contributed by atoms with Gasteiger partial charge in [0.2, 0.25) is 0 Å². The summed E-state index contributed by atoms with van der Waals surface area (Å²) >= 11 is 0. The van der Waals surface area contributed by atoms with Crippen LogP contribution < -0.4 is 0 Å². The molecular formula is C19H30O5. The lowest BCUT2D eigenvalue weighted by Crippen LogP contribution is -2.48. The molecule has 1 N–H and O–H groups in total. The molecule has 0 amide bonds. The zero-order valence-corrected chi connectivity index (χ0v) is 15.5. The molecule has 0 saturated carbocycles. The molecule has 1 heterocycles.